The van der Waals surface area contributed by atoms with Crippen LogP contribution < -0.4 is 4.74 Å². The molecule has 0 spiro atoms. The molecule has 1 aromatic carbocycles. The fraction of sp³-hybridized carbons (Fsp3) is 0.429. The topological polar surface area (TPSA) is 17.4 Å². The fourth-order valence-electron chi connectivity index (χ4n) is 2.00. The highest BCUT2D eigenvalue weighted by Gasteiger charge is 2.13. The standard InChI is InChI=1S/C14H19FN2O/c1-10(16(2)3)9-17-13-6-5-12(15)7-11(13)8-14(17)18-4/h5-8,10H,9H2,1-4H3/t10-/m1/s1. The number of rotatable bonds is 4. The van der Waals surface area contributed by atoms with E-state index in [2.05, 4.69) is 16.4 Å². The van der Waals surface area contributed by atoms with Gasteiger partial charge in [-0.1, -0.05) is 0 Å². The zero-order chi connectivity index (χ0) is 13.3. The Morgan fingerprint density at radius 3 is 2.67 bits per heavy atom. The van der Waals surface area contributed by atoms with Crippen molar-refractivity contribution in [3.63, 3.8) is 0 Å². The number of aromatic nitrogens is 1. The van der Waals surface area contributed by atoms with Crippen molar-refractivity contribution in [2.24, 2.45) is 0 Å². The molecule has 1 atom stereocenters. The molecule has 0 bridgehead atoms. The lowest BCUT2D eigenvalue weighted by Crippen LogP contribution is -2.29. The highest BCUT2D eigenvalue weighted by Crippen LogP contribution is 2.26. The van der Waals surface area contributed by atoms with Gasteiger partial charge in [0, 0.05) is 24.0 Å². The van der Waals surface area contributed by atoms with Gasteiger partial charge in [-0.2, -0.15) is 0 Å². The molecule has 0 unspecified atom stereocenters. The van der Waals surface area contributed by atoms with Gasteiger partial charge in [0.2, 0.25) is 0 Å². The van der Waals surface area contributed by atoms with Gasteiger partial charge >= 0.3 is 0 Å². The molecule has 0 aliphatic rings. The number of nitrogens with zero attached hydrogens (tertiary/aromatic N) is 2. The largest absolute Gasteiger partial charge is 0.482 e. The predicted octanol–water partition coefficient (Wildman–Crippen LogP) is 2.74. The Balaban J connectivity index is 2.47. The molecule has 2 aromatic rings. The van der Waals surface area contributed by atoms with Crippen LogP contribution in [0.4, 0.5) is 4.39 Å². The van der Waals surface area contributed by atoms with Crippen molar-refractivity contribution in [1.29, 1.82) is 0 Å². The molecule has 0 aliphatic heterocycles. The zero-order valence-corrected chi connectivity index (χ0v) is 11.3. The first-order chi connectivity index (χ1) is 8.52. The van der Waals surface area contributed by atoms with Crippen LogP contribution in [0.3, 0.4) is 0 Å². The Morgan fingerprint density at radius 1 is 1.33 bits per heavy atom. The van der Waals surface area contributed by atoms with Crippen LogP contribution in [0.25, 0.3) is 10.9 Å². The van der Waals surface area contributed by atoms with E-state index in [-0.39, 0.29) is 5.82 Å². The van der Waals surface area contributed by atoms with Crippen molar-refractivity contribution in [3.05, 3.63) is 30.1 Å². The first-order valence-electron chi connectivity index (χ1n) is 6.02. The molecule has 18 heavy (non-hydrogen) atoms. The summed E-state index contributed by atoms with van der Waals surface area (Å²) < 4.78 is 20.7. The summed E-state index contributed by atoms with van der Waals surface area (Å²) in [5.41, 5.74) is 1.00. The molecule has 1 heterocycles. The van der Waals surface area contributed by atoms with E-state index in [0.717, 1.165) is 23.3 Å². The third kappa shape index (κ3) is 2.34. The third-order valence-electron chi connectivity index (χ3n) is 3.36. The number of hydrogen-bond acceptors (Lipinski definition) is 2. The van der Waals surface area contributed by atoms with E-state index < -0.39 is 0 Å². The summed E-state index contributed by atoms with van der Waals surface area (Å²) in [5.74, 6) is 0.548. The molecule has 3 nitrogen and oxygen atoms in total. The van der Waals surface area contributed by atoms with Crippen molar-refractivity contribution >= 4 is 10.9 Å². The Hall–Kier alpha value is -1.55. The van der Waals surface area contributed by atoms with Crippen LogP contribution in [-0.2, 0) is 6.54 Å². The Kier molecular flexibility index (Phi) is 3.57. The van der Waals surface area contributed by atoms with Crippen LogP contribution in [0.1, 0.15) is 6.92 Å². The lowest BCUT2D eigenvalue weighted by Gasteiger charge is -2.21. The molecule has 0 fully saturated rings. The van der Waals surface area contributed by atoms with E-state index in [9.17, 15) is 4.39 Å². The lowest BCUT2D eigenvalue weighted by atomic mass is 10.2. The molecule has 0 radical (unpaired) electrons. The van der Waals surface area contributed by atoms with Crippen LogP contribution in [0.2, 0.25) is 0 Å². The minimum atomic E-state index is -0.219. The molecule has 2 rings (SSSR count). The fourth-order valence-corrected chi connectivity index (χ4v) is 2.00. The quantitative estimate of drug-likeness (QED) is 0.830. The van der Waals surface area contributed by atoms with Crippen molar-refractivity contribution in [2.75, 3.05) is 21.2 Å². The predicted molar refractivity (Wildman–Crippen MR) is 71.6 cm³/mol. The molecule has 0 saturated heterocycles. The average molecular weight is 250 g/mol. The highest BCUT2D eigenvalue weighted by molar-refractivity contribution is 5.82. The number of benzene rings is 1. The summed E-state index contributed by atoms with van der Waals surface area (Å²) in [5, 5.41) is 0.873. The van der Waals surface area contributed by atoms with Gasteiger partial charge < -0.3 is 14.2 Å². The van der Waals surface area contributed by atoms with E-state index >= 15 is 0 Å². The zero-order valence-electron chi connectivity index (χ0n) is 11.3. The average Bonchev–Trinajstić information content (AvgIpc) is 2.66. The van der Waals surface area contributed by atoms with E-state index in [1.54, 1.807) is 13.2 Å². The maximum Gasteiger partial charge on any atom is 0.194 e. The Labute approximate surface area is 107 Å². The van der Waals surface area contributed by atoms with Gasteiger partial charge in [0.25, 0.3) is 0 Å². The molecule has 0 aliphatic carbocycles. The second-order valence-electron chi connectivity index (χ2n) is 4.81. The molecular weight excluding hydrogens is 231 g/mol. The van der Waals surface area contributed by atoms with E-state index in [1.165, 1.54) is 12.1 Å². The molecule has 98 valence electrons. The Bertz CT molecular complexity index is 548. The maximum absolute atomic E-state index is 13.2. The molecule has 1 aromatic heterocycles. The normalized spacial score (nSPS) is 13.2. The molecule has 0 amide bonds. The van der Waals surface area contributed by atoms with Crippen LogP contribution in [0.5, 0.6) is 5.88 Å². The number of hydrogen-bond donors (Lipinski definition) is 0. The van der Waals surface area contributed by atoms with Crippen molar-refractivity contribution in [1.82, 2.24) is 9.47 Å². The monoisotopic (exact) mass is 250 g/mol. The Morgan fingerprint density at radius 2 is 2.06 bits per heavy atom. The minimum Gasteiger partial charge on any atom is -0.482 e. The van der Waals surface area contributed by atoms with E-state index in [4.69, 9.17) is 4.74 Å². The van der Waals surface area contributed by atoms with Gasteiger partial charge in [-0.15, -0.1) is 0 Å². The van der Waals surface area contributed by atoms with E-state index in [0.29, 0.717) is 6.04 Å². The second kappa shape index (κ2) is 4.98. The lowest BCUT2D eigenvalue weighted by molar-refractivity contribution is 0.273. The smallest absolute Gasteiger partial charge is 0.194 e. The van der Waals surface area contributed by atoms with Gasteiger partial charge in [-0.25, -0.2) is 4.39 Å². The second-order valence-corrected chi connectivity index (χ2v) is 4.81. The summed E-state index contributed by atoms with van der Waals surface area (Å²) >= 11 is 0. The molecule has 0 N–H and O–H groups in total. The third-order valence-corrected chi connectivity index (χ3v) is 3.36. The van der Waals surface area contributed by atoms with Crippen LogP contribution in [-0.4, -0.2) is 36.7 Å². The summed E-state index contributed by atoms with van der Waals surface area (Å²) in [6.45, 7) is 2.96. The van der Waals surface area contributed by atoms with Crippen molar-refractivity contribution in [3.8, 4) is 5.88 Å². The summed E-state index contributed by atoms with van der Waals surface area (Å²) in [6, 6.07) is 7.07. The minimum absolute atomic E-state index is 0.219. The number of likely N-dealkylation sites (N-methyl/N-ethyl adjacent to an activating group) is 1. The van der Waals surface area contributed by atoms with Crippen LogP contribution in [0.15, 0.2) is 24.3 Å². The number of halogens is 1. The summed E-state index contributed by atoms with van der Waals surface area (Å²) in [6.07, 6.45) is 0. The molecule has 0 saturated carbocycles. The van der Waals surface area contributed by atoms with Crippen LogP contribution in [0, 0.1) is 5.82 Å². The van der Waals surface area contributed by atoms with Gasteiger partial charge in [-0.05, 0) is 39.2 Å². The highest BCUT2D eigenvalue weighted by atomic mass is 19.1. The number of methoxy groups -OCH3 is 1. The number of ether oxygens (including phenoxy) is 1. The van der Waals surface area contributed by atoms with Crippen molar-refractivity contribution in [2.45, 2.75) is 19.5 Å². The SMILES string of the molecule is COc1cc2cc(F)ccc2n1C[C@@H](C)N(C)C. The molecule has 4 heteroatoms. The van der Waals surface area contributed by atoms with Gasteiger partial charge in [0.05, 0.1) is 12.6 Å². The van der Waals surface area contributed by atoms with Crippen molar-refractivity contribution < 1.29 is 9.13 Å². The first kappa shape index (κ1) is 12.9. The maximum atomic E-state index is 13.2. The van der Waals surface area contributed by atoms with Gasteiger partial charge in [0.1, 0.15) is 5.82 Å². The summed E-state index contributed by atoms with van der Waals surface area (Å²) in [7, 11) is 5.73. The van der Waals surface area contributed by atoms with Gasteiger partial charge in [0.15, 0.2) is 5.88 Å². The van der Waals surface area contributed by atoms with Gasteiger partial charge in [-0.3, -0.25) is 0 Å². The van der Waals surface area contributed by atoms with Crippen LogP contribution >= 0.6 is 0 Å². The number of fused-ring (bicyclic) bond motifs is 1. The first-order valence-corrected chi connectivity index (χ1v) is 6.02. The molecular formula is C14H19FN2O. The summed E-state index contributed by atoms with van der Waals surface area (Å²) in [4.78, 5) is 2.15. The van der Waals surface area contributed by atoms with E-state index in [1.807, 2.05) is 20.2 Å².